The van der Waals surface area contributed by atoms with E-state index in [4.69, 9.17) is 14.6 Å². The van der Waals surface area contributed by atoms with Crippen LogP contribution in [0.25, 0.3) is 0 Å². The van der Waals surface area contributed by atoms with Gasteiger partial charge in [-0.05, 0) is 6.07 Å². The van der Waals surface area contributed by atoms with Gasteiger partial charge in [0, 0.05) is 6.07 Å². The Kier molecular flexibility index (Phi) is 2.37. The first-order valence-corrected chi connectivity index (χ1v) is 4.06. The molecule has 1 N–H and O–H groups in total. The lowest BCUT2D eigenvalue weighted by atomic mass is 10.3. The molecule has 0 bridgehead atoms. The number of ether oxygens (including phenoxy) is 2. The number of aliphatic hydroxyl groups excluding tert-OH is 1. The minimum atomic E-state index is -0.0974. The van der Waals surface area contributed by atoms with Crippen LogP contribution in [0.15, 0.2) is 12.1 Å². The summed E-state index contributed by atoms with van der Waals surface area (Å²) in [6.45, 7) is 1.13. The minimum absolute atomic E-state index is 0.0974. The molecule has 2 heterocycles. The Morgan fingerprint density at radius 1 is 1.46 bits per heavy atom. The van der Waals surface area contributed by atoms with Crippen LogP contribution in [-0.4, -0.2) is 34.6 Å². The van der Waals surface area contributed by atoms with Crippen molar-refractivity contribution in [1.29, 1.82) is 0 Å². The van der Waals surface area contributed by atoms with Crippen LogP contribution < -0.4 is 4.74 Å². The van der Waals surface area contributed by atoms with E-state index in [1.165, 1.54) is 0 Å². The molecule has 0 spiro atoms. The van der Waals surface area contributed by atoms with Crippen LogP contribution in [0.1, 0.15) is 5.69 Å². The van der Waals surface area contributed by atoms with Crippen LogP contribution in [-0.2, 0) is 11.3 Å². The number of nitrogens with zero attached hydrogens (tertiary/aromatic N) is 2. The summed E-state index contributed by atoms with van der Waals surface area (Å²) < 4.78 is 10.3. The molecule has 1 aliphatic rings. The normalized spacial score (nSPS) is 16.7. The van der Waals surface area contributed by atoms with E-state index in [0.29, 0.717) is 24.8 Å². The summed E-state index contributed by atoms with van der Waals surface area (Å²) in [5.41, 5.74) is 0.539. The van der Waals surface area contributed by atoms with E-state index in [1.54, 1.807) is 12.1 Å². The lowest BCUT2D eigenvalue weighted by Gasteiger charge is -2.25. The first-order valence-electron chi connectivity index (χ1n) is 4.06. The Balaban J connectivity index is 1.96. The fraction of sp³-hybridized carbons (Fsp3) is 0.500. The van der Waals surface area contributed by atoms with Crippen LogP contribution in [0.2, 0.25) is 0 Å². The van der Waals surface area contributed by atoms with Gasteiger partial charge in [-0.1, -0.05) is 0 Å². The van der Waals surface area contributed by atoms with Crippen molar-refractivity contribution in [2.75, 3.05) is 13.2 Å². The van der Waals surface area contributed by atoms with Crippen LogP contribution in [0.5, 0.6) is 5.88 Å². The summed E-state index contributed by atoms with van der Waals surface area (Å²) >= 11 is 0. The summed E-state index contributed by atoms with van der Waals surface area (Å²) in [6, 6.07) is 3.37. The van der Waals surface area contributed by atoms with Crippen molar-refractivity contribution in [1.82, 2.24) is 10.2 Å². The first kappa shape index (κ1) is 8.40. The van der Waals surface area contributed by atoms with Gasteiger partial charge in [0.1, 0.15) is 6.10 Å². The van der Waals surface area contributed by atoms with Crippen molar-refractivity contribution in [2.45, 2.75) is 12.7 Å². The second-order valence-electron chi connectivity index (χ2n) is 2.80. The predicted molar refractivity (Wildman–Crippen MR) is 43.2 cm³/mol. The van der Waals surface area contributed by atoms with Crippen LogP contribution in [0, 0.1) is 0 Å². The molecule has 5 heteroatoms. The van der Waals surface area contributed by atoms with E-state index in [0.717, 1.165) is 0 Å². The van der Waals surface area contributed by atoms with Gasteiger partial charge in [0.15, 0.2) is 0 Å². The maximum Gasteiger partial charge on any atom is 0.233 e. The summed E-state index contributed by atoms with van der Waals surface area (Å²) in [4.78, 5) is 0. The van der Waals surface area contributed by atoms with Crippen molar-refractivity contribution < 1.29 is 14.6 Å². The molecule has 0 atom stereocenters. The van der Waals surface area contributed by atoms with Gasteiger partial charge in [-0.25, -0.2) is 0 Å². The summed E-state index contributed by atoms with van der Waals surface area (Å²) in [7, 11) is 0. The largest absolute Gasteiger partial charge is 0.468 e. The Morgan fingerprint density at radius 2 is 2.31 bits per heavy atom. The van der Waals surface area contributed by atoms with Crippen LogP contribution in [0.3, 0.4) is 0 Å². The highest BCUT2D eigenvalue weighted by Crippen LogP contribution is 2.11. The van der Waals surface area contributed by atoms with Gasteiger partial charge in [-0.2, -0.15) is 0 Å². The van der Waals surface area contributed by atoms with Gasteiger partial charge in [0.2, 0.25) is 5.88 Å². The SMILES string of the molecule is OCc1ccc(OC2COC2)nn1. The molecule has 0 aliphatic carbocycles. The Bertz CT molecular complexity index is 271. The zero-order chi connectivity index (χ0) is 9.10. The van der Waals surface area contributed by atoms with Crippen LogP contribution in [0.4, 0.5) is 0 Å². The fourth-order valence-electron chi connectivity index (χ4n) is 0.948. The van der Waals surface area contributed by atoms with Crippen molar-refractivity contribution in [3.05, 3.63) is 17.8 Å². The highest BCUT2D eigenvalue weighted by molar-refractivity contribution is 5.11. The highest BCUT2D eigenvalue weighted by atomic mass is 16.6. The third kappa shape index (κ3) is 1.93. The molecule has 1 aromatic heterocycles. The van der Waals surface area contributed by atoms with E-state index in [2.05, 4.69) is 10.2 Å². The number of hydrogen-bond acceptors (Lipinski definition) is 5. The minimum Gasteiger partial charge on any atom is -0.468 e. The molecule has 5 nitrogen and oxygen atoms in total. The van der Waals surface area contributed by atoms with E-state index in [-0.39, 0.29) is 12.7 Å². The summed E-state index contributed by atoms with van der Waals surface area (Å²) in [5, 5.41) is 16.2. The van der Waals surface area contributed by atoms with E-state index >= 15 is 0 Å². The zero-order valence-corrected chi connectivity index (χ0v) is 7.01. The van der Waals surface area contributed by atoms with Gasteiger partial charge in [-0.3, -0.25) is 0 Å². The molecule has 13 heavy (non-hydrogen) atoms. The quantitative estimate of drug-likeness (QED) is 0.698. The first-order chi connectivity index (χ1) is 6.38. The Morgan fingerprint density at radius 3 is 2.77 bits per heavy atom. The van der Waals surface area contributed by atoms with E-state index in [9.17, 15) is 0 Å². The average molecular weight is 182 g/mol. The molecule has 0 saturated carbocycles. The molecule has 70 valence electrons. The molecule has 1 aliphatic heterocycles. The number of hydrogen-bond donors (Lipinski definition) is 1. The van der Waals surface area contributed by atoms with Crippen LogP contribution >= 0.6 is 0 Å². The lowest BCUT2D eigenvalue weighted by Crippen LogP contribution is -2.38. The number of aromatic nitrogens is 2. The smallest absolute Gasteiger partial charge is 0.233 e. The highest BCUT2D eigenvalue weighted by Gasteiger charge is 2.20. The molecule has 1 fully saturated rings. The Hall–Kier alpha value is -1.20. The van der Waals surface area contributed by atoms with Crippen molar-refractivity contribution >= 4 is 0 Å². The molecule has 0 radical (unpaired) electrons. The molecular formula is C8H10N2O3. The van der Waals surface area contributed by atoms with Crippen molar-refractivity contribution in [3.8, 4) is 5.88 Å². The molecule has 0 unspecified atom stereocenters. The molecule has 1 saturated heterocycles. The van der Waals surface area contributed by atoms with E-state index < -0.39 is 0 Å². The summed E-state index contributed by atoms with van der Waals surface area (Å²) in [5.74, 6) is 0.477. The van der Waals surface area contributed by atoms with Gasteiger partial charge in [0.25, 0.3) is 0 Å². The van der Waals surface area contributed by atoms with E-state index in [1.807, 2.05) is 0 Å². The van der Waals surface area contributed by atoms with Gasteiger partial charge >= 0.3 is 0 Å². The maximum atomic E-state index is 8.70. The molecule has 1 aromatic rings. The molecular weight excluding hydrogens is 172 g/mol. The number of rotatable bonds is 3. The zero-order valence-electron chi connectivity index (χ0n) is 7.01. The van der Waals surface area contributed by atoms with Crippen molar-refractivity contribution in [2.24, 2.45) is 0 Å². The summed E-state index contributed by atoms with van der Waals surface area (Å²) in [6.07, 6.45) is 0.106. The second kappa shape index (κ2) is 3.68. The topological polar surface area (TPSA) is 64.5 Å². The third-order valence-electron chi connectivity index (χ3n) is 1.75. The second-order valence-corrected chi connectivity index (χ2v) is 2.80. The van der Waals surface area contributed by atoms with Crippen molar-refractivity contribution in [3.63, 3.8) is 0 Å². The molecule has 2 rings (SSSR count). The number of aliphatic hydroxyl groups is 1. The maximum absolute atomic E-state index is 8.70. The molecule has 0 amide bonds. The lowest BCUT2D eigenvalue weighted by molar-refractivity contribution is -0.0816. The standard InChI is InChI=1S/C8H10N2O3/c11-3-6-1-2-8(10-9-6)13-7-4-12-5-7/h1-2,7,11H,3-5H2. The van der Waals surface area contributed by atoms with Gasteiger partial charge in [0.05, 0.1) is 25.5 Å². The third-order valence-corrected chi connectivity index (χ3v) is 1.75. The Labute approximate surface area is 75.3 Å². The monoisotopic (exact) mass is 182 g/mol. The fourth-order valence-corrected chi connectivity index (χ4v) is 0.948. The predicted octanol–water partition coefficient (Wildman–Crippen LogP) is -0.254. The average Bonchev–Trinajstić information content (AvgIpc) is 2.12. The van der Waals surface area contributed by atoms with Gasteiger partial charge in [-0.15, -0.1) is 10.2 Å². The molecule has 0 aromatic carbocycles. The van der Waals surface area contributed by atoms with Gasteiger partial charge < -0.3 is 14.6 Å².